The van der Waals surface area contributed by atoms with Crippen LogP contribution in [0.25, 0.3) is 11.1 Å². The zero-order chi connectivity index (χ0) is 23.9. The van der Waals surface area contributed by atoms with Crippen LogP contribution >= 0.6 is 0 Å². The van der Waals surface area contributed by atoms with E-state index in [0.29, 0.717) is 18.4 Å². The van der Waals surface area contributed by atoms with Crippen molar-refractivity contribution < 1.29 is 9.53 Å². The van der Waals surface area contributed by atoms with Gasteiger partial charge in [-0.05, 0) is 80.0 Å². The molecule has 0 radical (unpaired) electrons. The molecule has 2 aliphatic carbocycles. The molecule has 0 bridgehead atoms. The second-order valence-electron chi connectivity index (χ2n) is 9.74. The zero-order valence-electron chi connectivity index (χ0n) is 20.9. The number of hydrogen-bond donors (Lipinski definition) is 0. The van der Waals surface area contributed by atoms with Crippen molar-refractivity contribution in [2.75, 3.05) is 6.61 Å². The highest BCUT2D eigenvalue weighted by atomic mass is 16.5. The smallest absolute Gasteiger partial charge is 0.334 e. The zero-order valence-corrected chi connectivity index (χ0v) is 20.9. The Bertz CT molecular complexity index is 1040. The van der Waals surface area contributed by atoms with Gasteiger partial charge < -0.3 is 4.74 Å². The SMILES string of the molecule is CC=CCC1=C(C(=O)OCC2c3ccccc3-c3ccccc32)CCCCC1C(C)CC=CC. The molecule has 0 saturated carbocycles. The molecule has 2 aromatic carbocycles. The molecule has 2 heteroatoms. The number of ether oxygens (including phenoxy) is 1. The largest absolute Gasteiger partial charge is 0.461 e. The first-order chi connectivity index (χ1) is 16.7. The van der Waals surface area contributed by atoms with Gasteiger partial charge in [0.15, 0.2) is 0 Å². The van der Waals surface area contributed by atoms with Crippen LogP contribution in [0.5, 0.6) is 0 Å². The van der Waals surface area contributed by atoms with Crippen molar-refractivity contribution >= 4 is 5.97 Å². The first-order valence-corrected chi connectivity index (χ1v) is 12.9. The molecule has 0 N–H and O–H groups in total. The van der Waals surface area contributed by atoms with E-state index in [1.165, 1.54) is 34.2 Å². The predicted molar refractivity (Wildman–Crippen MR) is 142 cm³/mol. The Balaban J connectivity index is 1.59. The molecule has 2 aliphatic rings. The molecule has 0 aliphatic heterocycles. The number of hydrogen-bond acceptors (Lipinski definition) is 2. The van der Waals surface area contributed by atoms with E-state index in [0.717, 1.165) is 37.7 Å². The summed E-state index contributed by atoms with van der Waals surface area (Å²) in [5.74, 6) is 0.953. The van der Waals surface area contributed by atoms with E-state index >= 15 is 0 Å². The van der Waals surface area contributed by atoms with E-state index in [2.05, 4.69) is 93.6 Å². The minimum atomic E-state index is -0.105. The van der Waals surface area contributed by atoms with Crippen LogP contribution in [0, 0.1) is 11.8 Å². The lowest BCUT2D eigenvalue weighted by atomic mass is 9.79. The Morgan fingerprint density at radius 1 is 0.971 bits per heavy atom. The Morgan fingerprint density at radius 2 is 1.62 bits per heavy atom. The fourth-order valence-corrected chi connectivity index (χ4v) is 5.81. The van der Waals surface area contributed by atoms with Gasteiger partial charge in [0.1, 0.15) is 6.61 Å². The van der Waals surface area contributed by atoms with Gasteiger partial charge >= 0.3 is 5.97 Å². The molecule has 0 amide bonds. The molecule has 2 nitrogen and oxygen atoms in total. The first-order valence-electron chi connectivity index (χ1n) is 12.9. The summed E-state index contributed by atoms with van der Waals surface area (Å²) in [5, 5.41) is 0. The molecule has 0 spiro atoms. The summed E-state index contributed by atoms with van der Waals surface area (Å²) in [6.07, 6.45) is 14.8. The van der Waals surface area contributed by atoms with E-state index < -0.39 is 0 Å². The van der Waals surface area contributed by atoms with Crippen LogP contribution in [-0.4, -0.2) is 12.6 Å². The monoisotopic (exact) mass is 454 g/mol. The quantitative estimate of drug-likeness (QED) is 0.296. The molecule has 2 aromatic rings. The molecule has 0 saturated heterocycles. The molecule has 0 aromatic heterocycles. The van der Waals surface area contributed by atoms with Crippen molar-refractivity contribution in [3.05, 3.63) is 95.1 Å². The van der Waals surface area contributed by atoms with Crippen LogP contribution in [-0.2, 0) is 9.53 Å². The second-order valence-corrected chi connectivity index (χ2v) is 9.74. The second kappa shape index (κ2) is 11.5. The summed E-state index contributed by atoms with van der Waals surface area (Å²) >= 11 is 0. The molecular weight excluding hydrogens is 416 g/mol. The summed E-state index contributed by atoms with van der Waals surface area (Å²) in [6, 6.07) is 17.0. The van der Waals surface area contributed by atoms with Crippen LogP contribution in [0.4, 0.5) is 0 Å². The number of fused-ring (bicyclic) bond motifs is 3. The number of rotatable bonds is 8. The van der Waals surface area contributed by atoms with Gasteiger partial charge in [-0.1, -0.05) is 91.8 Å². The average Bonchev–Trinajstić information content (AvgIpc) is 3.02. The number of allylic oxidation sites excluding steroid dienone is 5. The Morgan fingerprint density at radius 3 is 2.26 bits per heavy atom. The van der Waals surface area contributed by atoms with Gasteiger partial charge in [-0.25, -0.2) is 4.79 Å². The maximum atomic E-state index is 13.6. The maximum absolute atomic E-state index is 13.6. The van der Waals surface area contributed by atoms with E-state index in [1.54, 1.807) is 0 Å². The molecule has 2 atom stereocenters. The molecule has 178 valence electrons. The van der Waals surface area contributed by atoms with Gasteiger partial charge in [-0.15, -0.1) is 0 Å². The third-order valence-electron chi connectivity index (χ3n) is 7.62. The van der Waals surface area contributed by atoms with Crippen molar-refractivity contribution in [1.29, 1.82) is 0 Å². The molecule has 34 heavy (non-hydrogen) atoms. The standard InChI is InChI=1S/C32H38O2/c1-4-6-14-23(3)24-16-8-13-21-30(25(24)15-7-5-2)32(33)34-22-31-28-19-11-9-17-26(28)27-18-10-12-20-29(27)31/h4-7,9-12,17-20,23-24,31H,8,13-16,21-22H2,1-3H3. The molecule has 0 heterocycles. The number of carbonyl (C=O) groups is 1. The normalized spacial score (nSPS) is 19.3. The van der Waals surface area contributed by atoms with Gasteiger partial charge in [0.05, 0.1) is 0 Å². The first kappa shape index (κ1) is 24.3. The van der Waals surface area contributed by atoms with Gasteiger partial charge in [-0.2, -0.15) is 0 Å². The molecule has 4 rings (SSSR count). The van der Waals surface area contributed by atoms with Gasteiger partial charge in [0.25, 0.3) is 0 Å². The number of benzene rings is 2. The minimum absolute atomic E-state index is 0.103. The molecular formula is C32H38O2. The maximum Gasteiger partial charge on any atom is 0.334 e. The average molecular weight is 455 g/mol. The van der Waals surface area contributed by atoms with Crippen LogP contribution in [0.15, 0.2) is 84.0 Å². The Kier molecular flexibility index (Phi) is 8.21. The summed E-state index contributed by atoms with van der Waals surface area (Å²) < 4.78 is 6.12. The Labute approximate surface area is 205 Å². The highest BCUT2D eigenvalue weighted by molar-refractivity contribution is 5.90. The fourth-order valence-electron chi connectivity index (χ4n) is 5.81. The summed E-state index contributed by atoms with van der Waals surface area (Å²) in [6.45, 7) is 6.87. The summed E-state index contributed by atoms with van der Waals surface area (Å²) in [4.78, 5) is 13.6. The van der Waals surface area contributed by atoms with Crippen molar-refractivity contribution in [2.45, 2.75) is 65.2 Å². The van der Waals surface area contributed by atoms with Crippen LogP contribution in [0.1, 0.15) is 76.3 Å². The van der Waals surface area contributed by atoms with E-state index in [1.807, 2.05) is 0 Å². The van der Waals surface area contributed by atoms with Crippen molar-refractivity contribution in [3.8, 4) is 11.1 Å². The lowest BCUT2D eigenvalue weighted by molar-refractivity contribution is -0.139. The van der Waals surface area contributed by atoms with E-state index in [4.69, 9.17) is 4.74 Å². The molecule has 0 fully saturated rings. The van der Waals surface area contributed by atoms with Gasteiger partial charge in [-0.3, -0.25) is 0 Å². The summed E-state index contributed by atoms with van der Waals surface area (Å²) in [7, 11) is 0. The Hall–Kier alpha value is -2.87. The van der Waals surface area contributed by atoms with Crippen LogP contribution in [0.2, 0.25) is 0 Å². The number of carbonyl (C=O) groups excluding carboxylic acids is 1. The molecule has 2 unspecified atom stereocenters. The minimum Gasteiger partial charge on any atom is -0.461 e. The van der Waals surface area contributed by atoms with Crippen LogP contribution in [0.3, 0.4) is 0 Å². The van der Waals surface area contributed by atoms with Gasteiger partial charge in [0.2, 0.25) is 0 Å². The van der Waals surface area contributed by atoms with Crippen molar-refractivity contribution in [3.63, 3.8) is 0 Å². The third-order valence-corrected chi connectivity index (χ3v) is 7.62. The van der Waals surface area contributed by atoms with Crippen LogP contribution < -0.4 is 0 Å². The van der Waals surface area contributed by atoms with E-state index in [9.17, 15) is 4.79 Å². The van der Waals surface area contributed by atoms with Gasteiger partial charge in [0, 0.05) is 11.5 Å². The predicted octanol–water partition coefficient (Wildman–Crippen LogP) is 8.40. The van der Waals surface area contributed by atoms with Crippen molar-refractivity contribution in [2.24, 2.45) is 11.8 Å². The highest BCUT2D eigenvalue weighted by Gasteiger charge is 2.31. The highest BCUT2D eigenvalue weighted by Crippen LogP contribution is 2.45. The summed E-state index contributed by atoms with van der Waals surface area (Å²) in [5.41, 5.74) is 7.30. The van der Waals surface area contributed by atoms with Crippen molar-refractivity contribution in [1.82, 2.24) is 0 Å². The number of esters is 1. The fraction of sp³-hybridized carbons (Fsp3) is 0.406. The third kappa shape index (κ3) is 5.12. The van der Waals surface area contributed by atoms with E-state index in [-0.39, 0.29) is 11.9 Å². The lowest BCUT2D eigenvalue weighted by Crippen LogP contribution is -2.19. The lowest BCUT2D eigenvalue weighted by Gasteiger charge is -2.26. The topological polar surface area (TPSA) is 26.3 Å².